The maximum absolute atomic E-state index is 4.22. The second kappa shape index (κ2) is 6.02. The zero-order valence-corrected chi connectivity index (χ0v) is 11.8. The van der Waals surface area contributed by atoms with Gasteiger partial charge in [-0.1, -0.05) is 12.5 Å². The van der Waals surface area contributed by atoms with Gasteiger partial charge in [-0.2, -0.15) is 0 Å². The van der Waals surface area contributed by atoms with Crippen LogP contribution in [0.25, 0.3) is 0 Å². The molecule has 0 bridgehead atoms. The summed E-state index contributed by atoms with van der Waals surface area (Å²) in [5.41, 5.74) is 1.30. The summed E-state index contributed by atoms with van der Waals surface area (Å²) in [4.78, 5) is 4.22. The Hall–Kier alpha value is -0.930. The molecule has 2 N–H and O–H groups in total. The molecule has 3 nitrogen and oxygen atoms in total. The van der Waals surface area contributed by atoms with Crippen LogP contribution in [0.1, 0.15) is 50.6 Å². The first-order chi connectivity index (χ1) is 9.34. The average molecular weight is 259 g/mol. The summed E-state index contributed by atoms with van der Waals surface area (Å²) in [5.74, 6) is 0.821. The Morgan fingerprint density at radius 2 is 2.26 bits per heavy atom. The quantitative estimate of drug-likeness (QED) is 0.873. The Morgan fingerprint density at radius 3 is 3.00 bits per heavy atom. The van der Waals surface area contributed by atoms with Crippen LogP contribution in [0.15, 0.2) is 24.5 Å². The predicted molar refractivity (Wildman–Crippen MR) is 77.9 cm³/mol. The van der Waals surface area contributed by atoms with Gasteiger partial charge < -0.3 is 10.6 Å². The third-order valence-corrected chi connectivity index (χ3v) is 4.83. The molecule has 4 atom stereocenters. The van der Waals surface area contributed by atoms with Gasteiger partial charge in [-0.25, -0.2) is 0 Å². The Bertz CT molecular complexity index is 386. The Labute approximate surface area is 116 Å². The van der Waals surface area contributed by atoms with E-state index in [-0.39, 0.29) is 0 Å². The smallest absolute Gasteiger partial charge is 0.0315 e. The largest absolute Gasteiger partial charge is 0.314 e. The van der Waals surface area contributed by atoms with Crippen molar-refractivity contribution in [3.05, 3.63) is 30.1 Å². The van der Waals surface area contributed by atoms with Gasteiger partial charge >= 0.3 is 0 Å². The molecule has 1 saturated carbocycles. The van der Waals surface area contributed by atoms with E-state index in [0.717, 1.165) is 12.0 Å². The van der Waals surface area contributed by atoms with E-state index < -0.39 is 0 Å². The molecular formula is C16H25N3. The fourth-order valence-corrected chi connectivity index (χ4v) is 3.80. The first-order valence-electron chi connectivity index (χ1n) is 7.74. The third-order valence-electron chi connectivity index (χ3n) is 4.83. The summed E-state index contributed by atoms with van der Waals surface area (Å²) >= 11 is 0. The molecule has 1 aliphatic carbocycles. The van der Waals surface area contributed by atoms with Crippen molar-refractivity contribution in [2.45, 2.75) is 57.2 Å². The number of aromatic nitrogens is 1. The van der Waals surface area contributed by atoms with E-state index in [1.165, 1.54) is 44.2 Å². The predicted octanol–water partition coefficient (Wildman–Crippen LogP) is 2.65. The highest BCUT2D eigenvalue weighted by Gasteiger charge is 2.35. The second-order valence-corrected chi connectivity index (χ2v) is 6.08. The molecule has 1 aromatic rings. The van der Waals surface area contributed by atoms with Crippen molar-refractivity contribution in [2.75, 3.05) is 6.54 Å². The van der Waals surface area contributed by atoms with Crippen molar-refractivity contribution < 1.29 is 0 Å². The number of nitrogens with zero attached hydrogens (tertiary/aromatic N) is 1. The molecule has 3 heteroatoms. The van der Waals surface area contributed by atoms with Crippen molar-refractivity contribution >= 4 is 0 Å². The summed E-state index contributed by atoms with van der Waals surface area (Å²) in [6, 6.07) is 6.02. The molecule has 1 saturated heterocycles. The fraction of sp³-hybridized carbons (Fsp3) is 0.688. The van der Waals surface area contributed by atoms with E-state index in [9.17, 15) is 0 Å². The van der Waals surface area contributed by atoms with Gasteiger partial charge in [0.15, 0.2) is 0 Å². The van der Waals surface area contributed by atoms with E-state index in [1.807, 2.05) is 18.5 Å². The summed E-state index contributed by atoms with van der Waals surface area (Å²) in [6.07, 6.45) is 10.6. The molecule has 104 valence electrons. The SMILES string of the molecule is CC(NC1CCCC1C1CCCN1)c1cccnc1. The average Bonchev–Trinajstić information content (AvgIpc) is 3.10. The zero-order chi connectivity index (χ0) is 13.1. The van der Waals surface area contributed by atoms with E-state index in [2.05, 4.69) is 28.6 Å². The molecule has 0 spiro atoms. The second-order valence-electron chi connectivity index (χ2n) is 6.08. The minimum absolute atomic E-state index is 0.403. The van der Waals surface area contributed by atoms with E-state index >= 15 is 0 Å². The molecule has 1 aromatic heterocycles. The fourth-order valence-electron chi connectivity index (χ4n) is 3.80. The van der Waals surface area contributed by atoms with Gasteiger partial charge in [-0.15, -0.1) is 0 Å². The molecule has 19 heavy (non-hydrogen) atoms. The van der Waals surface area contributed by atoms with Gasteiger partial charge in [0, 0.05) is 30.5 Å². The monoisotopic (exact) mass is 259 g/mol. The standard InChI is InChI=1S/C16H25N3/c1-12(13-5-3-9-17-11-13)19-16-7-2-6-14(16)15-8-4-10-18-15/h3,5,9,11-12,14-16,18-19H,2,4,6-8,10H2,1H3. The maximum Gasteiger partial charge on any atom is 0.0315 e. The lowest BCUT2D eigenvalue weighted by Crippen LogP contribution is -2.42. The van der Waals surface area contributed by atoms with Gasteiger partial charge in [0.2, 0.25) is 0 Å². The lowest BCUT2D eigenvalue weighted by molar-refractivity contribution is 0.303. The number of rotatable bonds is 4. The summed E-state index contributed by atoms with van der Waals surface area (Å²) in [5, 5.41) is 7.53. The molecule has 0 radical (unpaired) electrons. The van der Waals surface area contributed by atoms with E-state index in [4.69, 9.17) is 0 Å². The lowest BCUT2D eigenvalue weighted by Gasteiger charge is -2.29. The first-order valence-corrected chi connectivity index (χ1v) is 7.74. The molecule has 2 fully saturated rings. The van der Waals surface area contributed by atoms with Crippen LogP contribution < -0.4 is 10.6 Å². The molecule has 1 aliphatic heterocycles. The Kier molecular flexibility index (Phi) is 4.14. The van der Waals surface area contributed by atoms with Crippen molar-refractivity contribution in [3.63, 3.8) is 0 Å². The molecule has 0 aromatic carbocycles. The summed E-state index contributed by atoms with van der Waals surface area (Å²) < 4.78 is 0. The minimum Gasteiger partial charge on any atom is -0.314 e. The van der Waals surface area contributed by atoms with Crippen molar-refractivity contribution in [1.29, 1.82) is 0 Å². The number of pyridine rings is 1. The zero-order valence-electron chi connectivity index (χ0n) is 11.8. The Balaban J connectivity index is 1.62. The van der Waals surface area contributed by atoms with Crippen molar-refractivity contribution in [1.82, 2.24) is 15.6 Å². The maximum atomic E-state index is 4.22. The first kappa shape index (κ1) is 13.1. The highest BCUT2D eigenvalue weighted by Crippen LogP contribution is 2.33. The molecule has 0 amide bonds. The molecular weight excluding hydrogens is 234 g/mol. The molecule has 2 aliphatic rings. The highest BCUT2D eigenvalue weighted by atomic mass is 15.0. The van der Waals surface area contributed by atoms with Crippen molar-refractivity contribution in [2.24, 2.45) is 5.92 Å². The third kappa shape index (κ3) is 2.98. The van der Waals surface area contributed by atoms with Crippen LogP contribution in [0.5, 0.6) is 0 Å². The summed E-state index contributed by atoms with van der Waals surface area (Å²) in [7, 11) is 0. The van der Waals surface area contributed by atoms with Crippen molar-refractivity contribution in [3.8, 4) is 0 Å². The van der Waals surface area contributed by atoms with Crippen LogP contribution in [0.4, 0.5) is 0 Å². The van der Waals surface area contributed by atoms with Crippen LogP contribution in [0.3, 0.4) is 0 Å². The minimum atomic E-state index is 0.403. The highest BCUT2D eigenvalue weighted by molar-refractivity contribution is 5.13. The molecule has 3 rings (SSSR count). The van der Waals surface area contributed by atoms with Crippen LogP contribution >= 0.6 is 0 Å². The van der Waals surface area contributed by atoms with Gasteiger partial charge in [0.1, 0.15) is 0 Å². The van der Waals surface area contributed by atoms with Gasteiger partial charge in [-0.05, 0) is 56.7 Å². The van der Waals surface area contributed by atoms with Gasteiger partial charge in [-0.3, -0.25) is 4.98 Å². The number of nitrogens with one attached hydrogen (secondary N) is 2. The normalized spacial score (nSPS) is 32.6. The molecule has 4 unspecified atom stereocenters. The number of hydrogen-bond acceptors (Lipinski definition) is 3. The lowest BCUT2D eigenvalue weighted by atomic mass is 9.92. The van der Waals surface area contributed by atoms with Crippen LogP contribution in [0, 0.1) is 5.92 Å². The van der Waals surface area contributed by atoms with Crippen LogP contribution in [-0.4, -0.2) is 23.6 Å². The van der Waals surface area contributed by atoms with Gasteiger partial charge in [0.25, 0.3) is 0 Å². The summed E-state index contributed by atoms with van der Waals surface area (Å²) in [6.45, 7) is 3.47. The van der Waals surface area contributed by atoms with Gasteiger partial charge in [0.05, 0.1) is 0 Å². The van der Waals surface area contributed by atoms with Crippen LogP contribution in [-0.2, 0) is 0 Å². The van der Waals surface area contributed by atoms with Crippen LogP contribution in [0.2, 0.25) is 0 Å². The van der Waals surface area contributed by atoms with E-state index in [1.54, 1.807) is 0 Å². The Morgan fingerprint density at radius 1 is 1.32 bits per heavy atom. The molecule has 2 heterocycles. The topological polar surface area (TPSA) is 37.0 Å². The van der Waals surface area contributed by atoms with E-state index in [0.29, 0.717) is 12.1 Å². The number of hydrogen-bond donors (Lipinski definition) is 2.